The maximum atomic E-state index is 11.7. The van der Waals surface area contributed by atoms with Crippen LogP contribution in [0.15, 0.2) is 12.2 Å². The van der Waals surface area contributed by atoms with Gasteiger partial charge in [0.1, 0.15) is 0 Å². The fraction of sp³-hybridized carbons (Fsp3) is 0.786. The normalized spacial score (nSPS) is 29.4. The molecule has 0 N–H and O–H groups in total. The van der Waals surface area contributed by atoms with Gasteiger partial charge in [0.05, 0.1) is 13.0 Å². The Labute approximate surface area is 99.1 Å². The van der Waals surface area contributed by atoms with Crippen molar-refractivity contribution in [2.24, 2.45) is 11.3 Å². The summed E-state index contributed by atoms with van der Waals surface area (Å²) in [7, 11) is 0. The first kappa shape index (κ1) is 13.3. The molecule has 92 valence electrons. The van der Waals surface area contributed by atoms with E-state index in [-0.39, 0.29) is 11.4 Å². The Hall–Kier alpha value is -0.790. The molecule has 1 saturated carbocycles. The zero-order valence-electron chi connectivity index (χ0n) is 10.8. The fourth-order valence-electron chi connectivity index (χ4n) is 2.32. The number of allylic oxidation sites excluding steroid dienone is 1. The Bertz CT molecular complexity index is 270. The van der Waals surface area contributed by atoms with Gasteiger partial charge in [0.25, 0.3) is 0 Å². The van der Waals surface area contributed by atoms with Gasteiger partial charge < -0.3 is 4.74 Å². The van der Waals surface area contributed by atoms with Gasteiger partial charge in [0.15, 0.2) is 0 Å². The van der Waals surface area contributed by atoms with Crippen molar-refractivity contribution in [3.05, 3.63) is 12.2 Å². The van der Waals surface area contributed by atoms with E-state index in [1.807, 2.05) is 0 Å². The molecule has 1 aliphatic carbocycles. The molecule has 16 heavy (non-hydrogen) atoms. The lowest BCUT2D eigenvalue weighted by atomic mass is 9.77. The van der Waals surface area contributed by atoms with Gasteiger partial charge in [-0.05, 0) is 30.6 Å². The van der Waals surface area contributed by atoms with E-state index in [0.717, 1.165) is 25.7 Å². The van der Waals surface area contributed by atoms with Crippen LogP contribution in [0.2, 0.25) is 0 Å². The minimum Gasteiger partial charge on any atom is -0.466 e. The Morgan fingerprint density at radius 2 is 2.31 bits per heavy atom. The van der Waals surface area contributed by atoms with Crippen molar-refractivity contribution < 1.29 is 9.53 Å². The van der Waals surface area contributed by atoms with Crippen LogP contribution in [0, 0.1) is 11.3 Å². The molecule has 2 atom stereocenters. The van der Waals surface area contributed by atoms with Crippen LogP contribution in [-0.2, 0) is 9.53 Å². The van der Waals surface area contributed by atoms with E-state index >= 15 is 0 Å². The standard InChI is InChI=1S/C14H24O2/c1-5-6-9-16-13(15)10-14(4)8-7-11(2)12(14)3/h12H,2,5-10H2,1,3-4H3. The Morgan fingerprint density at radius 1 is 1.62 bits per heavy atom. The summed E-state index contributed by atoms with van der Waals surface area (Å²) >= 11 is 0. The van der Waals surface area contributed by atoms with Crippen molar-refractivity contribution >= 4 is 5.97 Å². The number of esters is 1. The van der Waals surface area contributed by atoms with Gasteiger partial charge >= 0.3 is 5.97 Å². The molecular weight excluding hydrogens is 200 g/mol. The molecule has 0 aromatic rings. The van der Waals surface area contributed by atoms with Crippen molar-refractivity contribution in [3.8, 4) is 0 Å². The third kappa shape index (κ3) is 3.10. The first-order valence-corrected chi connectivity index (χ1v) is 6.33. The van der Waals surface area contributed by atoms with Crippen molar-refractivity contribution in [1.82, 2.24) is 0 Å². The van der Waals surface area contributed by atoms with E-state index in [1.54, 1.807) is 0 Å². The second-order valence-electron chi connectivity index (χ2n) is 5.28. The summed E-state index contributed by atoms with van der Waals surface area (Å²) in [4.78, 5) is 11.7. The van der Waals surface area contributed by atoms with Crippen molar-refractivity contribution in [1.29, 1.82) is 0 Å². The fourth-order valence-corrected chi connectivity index (χ4v) is 2.32. The lowest BCUT2D eigenvalue weighted by Crippen LogP contribution is -2.25. The summed E-state index contributed by atoms with van der Waals surface area (Å²) in [6.45, 7) is 11.1. The van der Waals surface area contributed by atoms with E-state index < -0.39 is 0 Å². The summed E-state index contributed by atoms with van der Waals surface area (Å²) in [6.07, 6.45) is 4.69. The number of hydrogen-bond donors (Lipinski definition) is 0. The van der Waals surface area contributed by atoms with Gasteiger partial charge in [0.2, 0.25) is 0 Å². The maximum absolute atomic E-state index is 11.7. The molecule has 0 bridgehead atoms. The van der Waals surface area contributed by atoms with Gasteiger partial charge in [-0.2, -0.15) is 0 Å². The lowest BCUT2D eigenvalue weighted by Gasteiger charge is -2.28. The molecule has 0 radical (unpaired) electrons. The highest BCUT2D eigenvalue weighted by molar-refractivity contribution is 5.70. The summed E-state index contributed by atoms with van der Waals surface area (Å²) in [5.74, 6) is 0.392. The average molecular weight is 224 g/mol. The zero-order valence-corrected chi connectivity index (χ0v) is 10.8. The highest BCUT2D eigenvalue weighted by Crippen LogP contribution is 2.47. The van der Waals surface area contributed by atoms with Crippen LogP contribution < -0.4 is 0 Å². The van der Waals surface area contributed by atoms with E-state index in [4.69, 9.17) is 4.74 Å². The SMILES string of the molecule is C=C1CCC(C)(CC(=O)OCCCC)C1C. The number of carbonyl (C=O) groups is 1. The van der Waals surface area contributed by atoms with Crippen LogP contribution in [0.3, 0.4) is 0 Å². The van der Waals surface area contributed by atoms with Gasteiger partial charge in [-0.15, -0.1) is 0 Å². The average Bonchev–Trinajstić information content (AvgIpc) is 2.47. The molecule has 2 heteroatoms. The molecule has 0 amide bonds. The summed E-state index contributed by atoms with van der Waals surface area (Å²) in [6, 6.07) is 0. The van der Waals surface area contributed by atoms with Gasteiger partial charge in [-0.1, -0.05) is 39.3 Å². The van der Waals surface area contributed by atoms with Crippen LogP contribution in [-0.4, -0.2) is 12.6 Å². The predicted octanol–water partition coefficient (Wildman–Crippen LogP) is 3.71. The molecule has 0 aromatic carbocycles. The third-order valence-corrected chi connectivity index (χ3v) is 3.98. The summed E-state index contributed by atoms with van der Waals surface area (Å²) in [5.41, 5.74) is 1.35. The monoisotopic (exact) mass is 224 g/mol. The minimum atomic E-state index is -0.0440. The third-order valence-electron chi connectivity index (χ3n) is 3.98. The van der Waals surface area contributed by atoms with Gasteiger partial charge in [0, 0.05) is 0 Å². The smallest absolute Gasteiger partial charge is 0.306 e. The highest BCUT2D eigenvalue weighted by atomic mass is 16.5. The van der Waals surface area contributed by atoms with Crippen LogP contribution in [0.4, 0.5) is 0 Å². The molecule has 0 spiro atoms. The Balaban J connectivity index is 2.41. The number of hydrogen-bond acceptors (Lipinski definition) is 2. The number of carbonyl (C=O) groups excluding carboxylic acids is 1. The molecule has 0 aromatic heterocycles. The highest BCUT2D eigenvalue weighted by Gasteiger charge is 2.40. The van der Waals surface area contributed by atoms with Crippen LogP contribution >= 0.6 is 0 Å². The molecule has 0 saturated heterocycles. The second-order valence-corrected chi connectivity index (χ2v) is 5.28. The molecule has 2 nitrogen and oxygen atoms in total. The quantitative estimate of drug-likeness (QED) is 0.404. The molecule has 0 aliphatic heterocycles. The van der Waals surface area contributed by atoms with Crippen molar-refractivity contribution in [2.75, 3.05) is 6.61 Å². The molecule has 0 heterocycles. The van der Waals surface area contributed by atoms with Crippen molar-refractivity contribution in [2.45, 2.75) is 52.9 Å². The Morgan fingerprint density at radius 3 is 2.81 bits per heavy atom. The van der Waals surface area contributed by atoms with E-state index in [2.05, 4.69) is 27.4 Å². The van der Waals surface area contributed by atoms with Gasteiger partial charge in [-0.3, -0.25) is 4.79 Å². The number of ether oxygens (including phenoxy) is 1. The summed E-state index contributed by atoms with van der Waals surface area (Å²) in [5, 5.41) is 0. The van der Waals surface area contributed by atoms with E-state index in [0.29, 0.717) is 18.9 Å². The maximum Gasteiger partial charge on any atom is 0.306 e. The zero-order chi connectivity index (χ0) is 12.2. The topological polar surface area (TPSA) is 26.3 Å². The molecule has 1 aliphatic rings. The number of unbranched alkanes of at least 4 members (excludes halogenated alkanes) is 1. The summed E-state index contributed by atoms with van der Waals surface area (Å²) < 4.78 is 5.22. The van der Waals surface area contributed by atoms with E-state index in [9.17, 15) is 4.79 Å². The lowest BCUT2D eigenvalue weighted by molar-refractivity contribution is -0.146. The van der Waals surface area contributed by atoms with Crippen LogP contribution in [0.25, 0.3) is 0 Å². The first-order chi connectivity index (χ1) is 7.49. The molecule has 1 fully saturated rings. The Kier molecular flexibility index (Phi) is 4.57. The van der Waals surface area contributed by atoms with Crippen LogP contribution in [0.5, 0.6) is 0 Å². The molecule has 2 unspecified atom stereocenters. The van der Waals surface area contributed by atoms with Gasteiger partial charge in [-0.25, -0.2) is 0 Å². The van der Waals surface area contributed by atoms with Crippen LogP contribution in [0.1, 0.15) is 52.9 Å². The largest absolute Gasteiger partial charge is 0.466 e. The minimum absolute atomic E-state index is 0.0440. The molecular formula is C14H24O2. The molecule has 1 rings (SSSR count). The first-order valence-electron chi connectivity index (χ1n) is 6.33. The predicted molar refractivity (Wildman–Crippen MR) is 66.1 cm³/mol. The van der Waals surface area contributed by atoms with Crippen molar-refractivity contribution in [3.63, 3.8) is 0 Å². The number of rotatable bonds is 5. The second kappa shape index (κ2) is 5.51. The van der Waals surface area contributed by atoms with E-state index in [1.165, 1.54) is 5.57 Å².